The number of fused-ring (bicyclic) bond motifs is 1. The predicted octanol–water partition coefficient (Wildman–Crippen LogP) is 2.54. The Labute approximate surface area is 122 Å². The molecule has 1 unspecified atom stereocenters. The van der Waals surface area contributed by atoms with Gasteiger partial charge in [0.25, 0.3) is 0 Å². The third kappa shape index (κ3) is 2.56. The molecule has 1 saturated heterocycles. The van der Waals surface area contributed by atoms with Crippen LogP contribution in [0.25, 0.3) is 11.0 Å². The van der Waals surface area contributed by atoms with Crippen LogP contribution in [0.4, 0.5) is 0 Å². The van der Waals surface area contributed by atoms with Crippen LogP contribution < -0.4 is 0 Å². The van der Waals surface area contributed by atoms with Crippen LogP contribution in [0.5, 0.6) is 0 Å². The van der Waals surface area contributed by atoms with E-state index in [1.807, 2.05) is 13.0 Å². The maximum absolute atomic E-state index is 11.6. The van der Waals surface area contributed by atoms with Crippen molar-refractivity contribution in [2.45, 2.75) is 19.9 Å². The van der Waals surface area contributed by atoms with Crippen molar-refractivity contribution in [3.8, 4) is 0 Å². The number of piperidine rings is 1. The third-order valence-corrected chi connectivity index (χ3v) is 4.01. The summed E-state index contributed by atoms with van der Waals surface area (Å²) in [7, 11) is 0. The van der Waals surface area contributed by atoms with Gasteiger partial charge in [0.15, 0.2) is 0 Å². The zero-order valence-corrected chi connectivity index (χ0v) is 11.8. The van der Waals surface area contributed by atoms with Gasteiger partial charge in [0.05, 0.1) is 6.54 Å². The second kappa shape index (κ2) is 5.33. The fourth-order valence-corrected chi connectivity index (χ4v) is 2.88. The lowest BCUT2D eigenvalue weighted by atomic mass is 9.98. The molecule has 0 saturated carbocycles. The lowest BCUT2D eigenvalue weighted by molar-refractivity contribution is -0.125. The Bertz CT molecular complexity index is 703. The van der Waals surface area contributed by atoms with E-state index >= 15 is 0 Å². The van der Waals surface area contributed by atoms with E-state index in [2.05, 4.69) is 4.90 Å². The number of carboxylic acid groups (broad SMARTS) is 1. The first kappa shape index (κ1) is 13.8. The molecule has 2 heterocycles. The van der Waals surface area contributed by atoms with Crippen LogP contribution in [0.3, 0.4) is 0 Å². The molecule has 1 aromatic carbocycles. The van der Waals surface area contributed by atoms with E-state index < -0.39 is 5.97 Å². The molecule has 1 aliphatic heterocycles. The second-order valence-electron chi connectivity index (χ2n) is 5.55. The Morgan fingerprint density at radius 3 is 2.90 bits per heavy atom. The number of furan rings is 1. The molecule has 0 spiro atoms. The molecular weight excluding hydrogens is 270 g/mol. The summed E-state index contributed by atoms with van der Waals surface area (Å²) in [5, 5.41) is 10.1. The normalized spacial score (nSPS) is 20.0. The van der Waals surface area contributed by atoms with Crippen molar-refractivity contribution in [2.24, 2.45) is 5.92 Å². The van der Waals surface area contributed by atoms with Gasteiger partial charge >= 0.3 is 5.97 Å². The summed E-state index contributed by atoms with van der Waals surface area (Å²) in [6, 6.07) is 7.15. The number of Topliss-reactive ketones (excluding diaryl/α,β-unsaturated/α-hetero) is 1. The van der Waals surface area contributed by atoms with E-state index in [1.54, 1.807) is 18.2 Å². The standard InChI is InChI=1S/C16H17NO4/c1-10-8-17(7-6-12(10)18)9-14-15(16(19)20)11-4-2-3-5-13(11)21-14/h2-5,10H,6-9H2,1H3,(H,19,20). The number of carboxylic acids is 1. The van der Waals surface area contributed by atoms with Gasteiger partial charge in [-0.15, -0.1) is 0 Å². The average Bonchev–Trinajstić information content (AvgIpc) is 2.80. The quantitative estimate of drug-likeness (QED) is 0.939. The van der Waals surface area contributed by atoms with Gasteiger partial charge in [-0.1, -0.05) is 25.1 Å². The van der Waals surface area contributed by atoms with Crippen LogP contribution in [-0.4, -0.2) is 34.8 Å². The molecule has 0 aliphatic carbocycles. The molecule has 3 rings (SSSR count). The minimum Gasteiger partial charge on any atom is -0.478 e. The minimum absolute atomic E-state index is 0.00333. The van der Waals surface area contributed by atoms with Gasteiger partial charge in [-0.25, -0.2) is 4.79 Å². The maximum Gasteiger partial charge on any atom is 0.339 e. The zero-order chi connectivity index (χ0) is 15.0. The monoisotopic (exact) mass is 287 g/mol. The number of nitrogens with zero attached hydrogens (tertiary/aromatic N) is 1. The topological polar surface area (TPSA) is 70.8 Å². The lowest BCUT2D eigenvalue weighted by Crippen LogP contribution is -2.39. The van der Waals surface area contributed by atoms with Crippen molar-refractivity contribution in [2.75, 3.05) is 13.1 Å². The average molecular weight is 287 g/mol. The van der Waals surface area contributed by atoms with E-state index in [4.69, 9.17) is 4.42 Å². The van der Waals surface area contributed by atoms with E-state index in [1.165, 1.54) is 0 Å². The summed E-state index contributed by atoms with van der Waals surface area (Å²) >= 11 is 0. The van der Waals surface area contributed by atoms with Crippen LogP contribution in [0.2, 0.25) is 0 Å². The lowest BCUT2D eigenvalue weighted by Gasteiger charge is -2.29. The molecule has 0 radical (unpaired) electrons. The Hall–Kier alpha value is -2.14. The van der Waals surface area contributed by atoms with Gasteiger partial charge in [0.1, 0.15) is 22.7 Å². The first-order valence-electron chi connectivity index (χ1n) is 7.05. The molecule has 2 aromatic rings. The number of benzene rings is 1. The van der Waals surface area contributed by atoms with E-state index in [0.29, 0.717) is 42.8 Å². The maximum atomic E-state index is 11.6. The van der Waals surface area contributed by atoms with Crippen molar-refractivity contribution in [3.63, 3.8) is 0 Å². The molecule has 0 bridgehead atoms. The third-order valence-electron chi connectivity index (χ3n) is 4.01. The SMILES string of the molecule is CC1CN(Cc2oc3ccccc3c2C(=O)O)CCC1=O. The number of aromatic carboxylic acids is 1. The number of likely N-dealkylation sites (tertiary alicyclic amines) is 1. The highest BCUT2D eigenvalue weighted by Crippen LogP contribution is 2.27. The van der Waals surface area contributed by atoms with Crippen LogP contribution in [-0.2, 0) is 11.3 Å². The number of hydrogen-bond acceptors (Lipinski definition) is 4. The van der Waals surface area contributed by atoms with Gasteiger partial charge in [-0.2, -0.15) is 0 Å². The summed E-state index contributed by atoms with van der Waals surface area (Å²) in [5.41, 5.74) is 0.821. The van der Waals surface area contributed by atoms with Gasteiger partial charge in [0, 0.05) is 30.8 Å². The van der Waals surface area contributed by atoms with Crippen molar-refractivity contribution >= 4 is 22.7 Å². The first-order chi connectivity index (χ1) is 10.1. The highest BCUT2D eigenvalue weighted by atomic mass is 16.4. The number of ketones is 1. The number of rotatable bonds is 3. The molecule has 5 nitrogen and oxygen atoms in total. The molecule has 110 valence electrons. The van der Waals surface area contributed by atoms with Gasteiger partial charge < -0.3 is 9.52 Å². The summed E-state index contributed by atoms with van der Waals surface area (Å²) in [4.78, 5) is 25.2. The smallest absolute Gasteiger partial charge is 0.339 e. The number of carbonyl (C=O) groups excluding carboxylic acids is 1. The minimum atomic E-state index is -0.976. The Morgan fingerprint density at radius 1 is 1.43 bits per heavy atom. The molecule has 1 aromatic heterocycles. The summed E-state index contributed by atoms with van der Waals surface area (Å²) < 4.78 is 5.72. The molecule has 1 atom stereocenters. The highest BCUT2D eigenvalue weighted by molar-refractivity contribution is 6.03. The van der Waals surface area contributed by atoms with Crippen LogP contribution in [0.1, 0.15) is 29.5 Å². The molecule has 1 aliphatic rings. The Morgan fingerprint density at radius 2 is 2.19 bits per heavy atom. The summed E-state index contributed by atoms with van der Waals surface area (Å²) in [5.74, 6) is -0.243. The van der Waals surface area contributed by atoms with Crippen molar-refractivity contribution < 1.29 is 19.1 Å². The zero-order valence-electron chi connectivity index (χ0n) is 11.8. The Balaban J connectivity index is 1.92. The van der Waals surface area contributed by atoms with E-state index in [0.717, 1.165) is 0 Å². The molecule has 1 fully saturated rings. The molecular formula is C16H17NO4. The molecule has 21 heavy (non-hydrogen) atoms. The van der Waals surface area contributed by atoms with Crippen LogP contribution in [0, 0.1) is 5.92 Å². The van der Waals surface area contributed by atoms with Crippen molar-refractivity contribution in [3.05, 3.63) is 35.6 Å². The van der Waals surface area contributed by atoms with Gasteiger partial charge in [0.2, 0.25) is 0 Å². The van der Waals surface area contributed by atoms with Gasteiger partial charge in [-0.3, -0.25) is 9.69 Å². The first-order valence-corrected chi connectivity index (χ1v) is 7.05. The fourth-order valence-electron chi connectivity index (χ4n) is 2.88. The largest absolute Gasteiger partial charge is 0.478 e. The van der Waals surface area contributed by atoms with Gasteiger partial charge in [-0.05, 0) is 6.07 Å². The second-order valence-corrected chi connectivity index (χ2v) is 5.55. The number of hydrogen-bond donors (Lipinski definition) is 1. The van der Waals surface area contributed by atoms with Crippen molar-refractivity contribution in [1.29, 1.82) is 0 Å². The van der Waals surface area contributed by atoms with Crippen LogP contribution >= 0.6 is 0 Å². The highest BCUT2D eigenvalue weighted by Gasteiger charge is 2.27. The summed E-state index contributed by atoms with van der Waals surface area (Å²) in [6.45, 7) is 3.63. The molecule has 0 amide bonds. The number of para-hydroxylation sites is 1. The number of carbonyl (C=O) groups is 2. The van der Waals surface area contributed by atoms with E-state index in [-0.39, 0.29) is 17.3 Å². The molecule has 1 N–H and O–H groups in total. The predicted molar refractivity (Wildman–Crippen MR) is 77.2 cm³/mol. The fraction of sp³-hybridized carbons (Fsp3) is 0.375. The summed E-state index contributed by atoms with van der Waals surface area (Å²) in [6.07, 6.45) is 0.518. The molecule has 5 heteroatoms. The van der Waals surface area contributed by atoms with Crippen LogP contribution in [0.15, 0.2) is 28.7 Å². The van der Waals surface area contributed by atoms with E-state index in [9.17, 15) is 14.7 Å². The Kier molecular flexibility index (Phi) is 3.51. The van der Waals surface area contributed by atoms with Crippen molar-refractivity contribution in [1.82, 2.24) is 4.90 Å².